The van der Waals surface area contributed by atoms with Crippen molar-refractivity contribution in [3.63, 3.8) is 0 Å². The Balaban J connectivity index is 2.02. The van der Waals surface area contributed by atoms with Crippen LogP contribution in [0.3, 0.4) is 0 Å². The number of primary amides is 1. The Morgan fingerprint density at radius 2 is 1.89 bits per heavy atom. The van der Waals surface area contributed by atoms with Crippen molar-refractivity contribution in [1.29, 1.82) is 0 Å². The van der Waals surface area contributed by atoms with Crippen LogP contribution in [0.5, 0.6) is 5.75 Å². The summed E-state index contributed by atoms with van der Waals surface area (Å²) in [5.74, 6) is 0.856. The van der Waals surface area contributed by atoms with Crippen molar-refractivity contribution < 1.29 is 9.53 Å². The van der Waals surface area contributed by atoms with Gasteiger partial charge in [0.2, 0.25) is 0 Å². The van der Waals surface area contributed by atoms with Crippen molar-refractivity contribution in [1.82, 2.24) is 10.6 Å². The highest BCUT2D eigenvalue weighted by atomic mass is 16.5. The van der Waals surface area contributed by atoms with Crippen LogP contribution < -0.4 is 21.1 Å². The van der Waals surface area contributed by atoms with Crippen molar-refractivity contribution in [2.75, 3.05) is 13.2 Å². The number of ether oxygens (including phenoxy) is 1. The van der Waals surface area contributed by atoms with Gasteiger partial charge in [-0.3, -0.25) is 4.79 Å². The third-order valence-electron chi connectivity index (χ3n) is 4.28. The molecule has 1 atom stereocenters. The summed E-state index contributed by atoms with van der Waals surface area (Å²) in [6.45, 7) is 7.44. The number of aliphatic imine (C=N–C) groups is 1. The first-order chi connectivity index (χ1) is 13.5. The van der Waals surface area contributed by atoms with E-state index in [4.69, 9.17) is 10.5 Å². The van der Waals surface area contributed by atoms with Gasteiger partial charge in [0, 0.05) is 6.54 Å². The summed E-state index contributed by atoms with van der Waals surface area (Å²) in [6, 6.07) is 16.3. The third-order valence-corrected chi connectivity index (χ3v) is 4.28. The zero-order valence-corrected chi connectivity index (χ0v) is 16.9. The highest BCUT2D eigenvalue weighted by Crippen LogP contribution is 2.15. The van der Waals surface area contributed by atoms with Crippen molar-refractivity contribution in [3.05, 3.63) is 65.2 Å². The van der Waals surface area contributed by atoms with Gasteiger partial charge in [-0.2, -0.15) is 0 Å². The van der Waals surface area contributed by atoms with Crippen molar-refractivity contribution in [2.45, 2.75) is 39.8 Å². The molecule has 0 fully saturated rings. The Morgan fingerprint density at radius 3 is 2.54 bits per heavy atom. The molecule has 0 aliphatic carbocycles. The van der Waals surface area contributed by atoms with E-state index in [1.165, 1.54) is 11.1 Å². The van der Waals surface area contributed by atoms with Gasteiger partial charge in [0.1, 0.15) is 5.75 Å². The van der Waals surface area contributed by atoms with Gasteiger partial charge in [0.25, 0.3) is 5.91 Å². The first-order valence-corrected chi connectivity index (χ1v) is 9.65. The zero-order chi connectivity index (χ0) is 20.4. The van der Waals surface area contributed by atoms with Crippen LogP contribution in [0.4, 0.5) is 0 Å². The van der Waals surface area contributed by atoms with Gasteiger partial charge < -0.3 is 21.1 Å². The molecule has 6 heteroatoms. The number of nitrogens with one attached hydrogen (secondary N) is 2. The van der Waals surface area contributed by atoms with Crippen molar-refractivity contribution >= 4 is 11.9 Å². The Morgan fingerprint density at radius 1 is 1.14 bits per heavy atom. The number of nitrogens with two attached hydrogens (primary N) is 1. The highest BCUT2D eigenvalue weighted by Gasteiger charge is 2.08. The number of guanidine groups is 1. The second-order valence-electron chi connectivity index (χ2n) is 6.56. The predicted octanol–water partition coefficient (Wildman–Crippen LogP) is 2.93. The molecule has 1 amide bonds. The molecule has 28 heavy (non-hydrogen) atoms. The minimum atomic E-state index is -0.497. The second kappa shape index (κ2) is 11.0. The minimum absolute atomic E-state index is 0.133. The maximum absolute atomic E-state index is 10.9. The van der Waals surface area contributed by atoms with Gasteiger partial charge in [0.05, 0.1) is 12.6 Å². The predicted molar refractivity (Wildman–Crippen MR) is 113 cm³/mol. The normalized spacial score (nSPS) is 12.3. The second-order valence-corrected chi connectivity index (χ2v) is 6.56. The van der Waals surface area contributed by atoms with Crippen LogP contribution in [0.1, 0.15) is 43.5 Å². The lowest BCUT2D eigenvalue weighted by atomic mass is 10.1. The number of aryl methyl sites for hydroxylation is 1. The first-order valence-electron chi connectivity index (χ1n) is 9.65. The maximum Gasteiger partial charge on any atom is 0.255 e. The number of hydrogen-bond acceptors (Lipinski definition) is 3. The summed E-state index contributed by atoms with van der Waals surface area (Å²) in [7, 11) is 0. The number of hydrogen-bond donors (Lipinski definition) is 3. The number of carbonyl (C=O) groups excluding carboxylic acids is 1. The quantitative estimate of drug-likeness (QED) is 0.460. The number of amides is 1. The highest BCUT2D eigenvalue weighted by molar-refractivity contribution is 5.80. The van der Waals surface area contributed by atoms with E-state index in [0.717, 1.165) is 24.5 Å². The average molecular weight is 383 g/mol. The van der Waals surface area contributed by atoms with Gasteiger partial charge in [-0.15, -0.1) is 0 Å². The van der Waals surface area contributed by atoms with E-state index < -0.39 is 5.91 Å². The molecule has 2 rings (SSSR count). The van der Waals surface area contributed by atoms with E-state index in [9.17, 15) is 4.79 Å². The summed E-state index contributed by atoms with van der Waals surface area (Å²) < 4.78 is 5.35. The van der Waals surface area contributed by atoms with Gasteiger partial charge in [-0.1, -0.05) is 43.3 Å². The molecule has 0 saturated carbocycles. The molecule has 6 nitrogen and oxygen atoms in total. The fourth-order valence-corrected chi connectivity index (χ4v) is 2.71. The van der Waals surface area contributed by atoms with Crippen molar-refractivity contribution in [3.8, 4) is 5.75 Å². The monoisotopic (exact) mass is 382 g/mol. The van der Waals surface area contributed by atoms with E-state index >= 15 is 0 Å². The van der Waals surface area contributed by atoms with Gasteiger partial charge in [-0.05, 0) is 49.1 Å². The molecule has 2 aromatic rings. The van der Waals surface area contributed by atoms with E-state index in [1.54, 1.807) is 6.07 Å². The number of nitrogens with zero attached hydrogens (tertiary/aromatic N) is 1. The third kappa shape index (κ3) is 6.95. The Labute approximate surface area is 167 Å². The summed E-state index contributed by atoms with van der Waals surface area (Å²) in [5.41, 5.74) is 8.64. The topological polar surface area (TPSA) is 88.7 Å². The van der Waals surface area contributed by atoms with Crippen LogP contribution in [0.25, 0.3) is 0 Å². The van der Waals surface area contributed by atoms with E-state index in [2.05, 4.69) is 53.7 Å². The lowest BCUT2D eigenvalue weighted by molar-refractivity contribution is -0.119. The van der Waals surface area contributed by atoms with Crippen molar-refractivity contribution in [2.24, 2.45) is 10.7 Å². The van der Waals surface area contributed by atoms with Crippen LogP contribution >= 0.6 is 0 Å². The fraction of sp³-hybridized carbons (Fsp3) is 0.364. The molecule has 150 valence electrons. The lowest BCUT2D eigenvalue weighted by Crippen LogP contribution is -2.38. The molecule has 0 bridgehead atoms. The molecule has 0 aliphatic heterocycles. The van der Waals surface area contributed by atoms with Crippen LogP contribution in [0, 0.1) is 0 Å². The van der Waals surface area contributed by atoms with Crippen LogP contribution in [-0.4, -0.2) is 25.0 Å². The first kappa shape index (κ1) is 21.3. The van der Waals surface area contributed by atoms with Gasteiger partial charge >= 0.3 is 0 Å². The molecule has 0 saturated heterocycles. The average Bonchev–Trinajstić information content (AvgIpc) is 2.71. The molecular weight excluding hydrogens is 352 g/mol. The SMILES string of the molecule is CCNC(=NCc1cccc(OCC(N)=O)c1)NC(C)c1ccc(CC)cc1. The Hall–Kier alpha value is -3.02. The maximum atomic E-state index is 10.9. The molecule has 1 unspecified atom stereocenters. The minimum Gasteiger partial charge on any atom is -0.484 e. The fourth-order valence-electron chi connectivity index (χ4n) is 2.71. The molecule has 0 aromatic heterocycles. The Kier molecular flexibility index (Phi) is 8.34. The lowest BCUT2D eigenvalue weighted by Gasteiger charge is -2.18. The molecule has 2 aromatic carbocycles. The Bertz CT molecular complexity index is 787. The van der Waals surface area contributed by atoms with Gasteiger partial charge in [-0.25, -0.2) is 4.99 Å². The molecule has 0 heterocycles. The molecular formula is C22H30N4O2. The van der Waals surface area contributed by atoms with Crippen LogP contribution in [0.2, 0.25) is 0 Å². The van der Waals surface area contributed by atoms with E-state index in [0.29, 0.717) is 12.3 Å². The standard InChI is InChI=1S/C22H30N4O2/c1-4-17-9-11-19(12-10-17)16(3)26-22(24-5-2)25-14-18-7-6-8-20(13-18)28-15-21(23)27/h6-13,16H,4-5,14-15H2,1-3H3,(H2,23,27)(H2,24,25,26). The van der Waals surface area contributed by atoms with Crippen LogP contribution in [0.15, 0.2) is 53.5 Å². The number of carbonyl (C=O) groups is 1. The molecule has 0 aliphatic rings. The zero-order valence-electron chi connectivity index (χ0n) is 16.9. The largest absolute Gasteiger partial charge is 0.484 e. The number of benzene rings is 2. The van der Waals surface area contributed by atoms with E-state index in [-0.39, 0.29) is 12.6 Å². The molecule has 4 N–H and O–H groups in total. The number of rotatable bonds is 9. The summed E-state index contributed by atoms with van der Waals surface area (Å²) in [4.78, 5) is 15.5. The van der Waals surface area contributed by atoms with Gasteiger partial charge in [0.15, 0.2) is 12.6 Å². The smallest absolute Gasteiger partial charge is 0.255 e. The molecule has 0 spiro atoms. The van der Waals surface area contributed by atoms with Crippen LogP contribution in [-0.2, 0) is 17.8 Å². The summed E-state index contributed by atoms with van der Waals surface area (Å²) in [5, 5.41) is 6.72. The summed E-state index contributed by atoms with van der Waals surface area (Å²) >= 11 is 0. The molecule has 0 radical (unpaired) electrons. The summed E-state index contributed by atoms with van der Waals surface area (Å²) in [6.07, 6.45) is 1.04. The van der Waals surface area contributed by atoms with E-state index in [1.807, 2.05) is 25.1 Å².